The van der Waals surface area contributed by atoms with Gasteiger partial charge in [-0.2, -0.15) is 0 Å². The minimum Gasteiger partial charge on any atom is -0.489 e. The molecule has 2 N–H and O–H groups in total. The zero-order chi connectivity index (χ0) is 22.5. The van der Waals surface area contributed by atoms with Gasteiger partial charge in [0.05, 0.1) is 31.9 Å². The van der Waals surface area contributed by atoms with Gasteiger partial charge in [-0.15, -0.1) is 0 Å². The van der Waals surface area contributed by atoms with Gasteiger partial charge >= 0.3 is 5.97 Å². The number of amides is 2. The van der Waals surface area contributed by atoms with Gasteiger partial charge in [-0.1, -0.05) is 25.5 Å². The zero-order valence-corrected chi connectivity index (χ0v) is 18.4. The molecule has 1 unspecified atom stereocenters. The van der Waals surface area contributed by atoms with Crippen molar-refractivity contribution in [2.75, 3.05) is 51.4 Å². The fourth-order valence-corrected chi connectivity index (χ4v) is 3.13. The summed E-state index contributed by atoms with van der Waals surface area (Å²) in [7, 11) is 0. The molecule has 1 aromatic rings. The molecule has 2 rings (SSSR count). The first kappa shape index (κ1) is 24.5. The summed E-state index contributed by atoms with van der Waals surface area (Å²) in [6.07, 6.45) is 1.52. The molecule has 9 heteroatoms. The molecule has 0 aromatic heterocycles. The first-order valence-electron chi connectivity index (χ1n) is 10.8. The number of ether oxygens (including phenoxy) is 3. The van der Waals surface area contributed by atoms with Crippen molar-refractivity contribution in [3.63, 3.8) is 0 Å². The Morgan fingerprint density at radius 1 is 1.19 bits per heavy atom. The molecule has 0 bridgehead atoms. The van der Waals surface area contributed by atoms with E-state index in [0.717, 1.165) is 12.8 Å². The molecule has 172 valence electrons. The Hall–Kier alpha value is -2.81. The van der Waals surface area contributed by atoms with E-state index < -0.39 is 12.0 Å². The van der Waals surface area contributed by atoms with E-state index in [0.29, 0.717) is 51.0 Å². The number of piperazine rings is 1. The molecular formula is C22H33N3O6. The number of carbonyl (C=O) groups excluding carboxylic acids is 3. The number of para-hydroxylation sites is 2. The van der Waals surface area contributed by atoms with E-state index >= 15 is 0 Å². The number of anilines is 1. The number of rotatable bonds is 13. The van der Waals surface area contributed by atoms with Crippen LogP contribution in [0, 0.1) is 0 Å². The summed E-state index contributed by atoms with van der Waals surface area (Å²) in [6, 6.07) is 6.44. The number of esters is 1. The van der Waals surface area contributed by atoms with Crippen LogP contribution in [0.25, 0.3) is 0 Å². The highest BCUT2D eigenvalue weighted by Gasteiger charge is 2.35. The van der Waals surface area contributed by atoms with Crippen molar-refractivity contribution in [3.05, 3.63) is 24.3 Å². The van der Waals surface area contributed by atoms with E-state index in [2.05, 4.69) is 10.6 Å². The minimum atomic E-state index is -0.866. The Labute approximate surface area is 183 Å². The topological polar surface area (TPSA) is 106 Å². The molecule has 1 aliphatic rings. The summed E-state index contributed by atoms with van der Waals surface area (Å²) in [4.78, 5) is 38.7. The van der Waals surface area contributed by atoms with Crippen LogP contribution in [-0.4, -0.2) is 74.8 Å². The van der Waals surface area contributed by atoms with Crippen LogP contribution in [0.15, 0.2) is 24.3 Å². The molecule has 1 aliphatic heterocycles. The predicted octanol–water partition coefficient (Wildman–Crippen LogP) is 1.57. The first-order valence-corrected chi connectivity index (χ1v) is 10.8. The second kappa shape index (κ2) is 13.5. The highest BCUT2D eigenvalue weighted by atomic mass is 16.5. The van der Waals surface area contributed by atoms with Gasteiger partial charge in [0.2, 0.25) is 11.8 Å². The van der Waals surface area contributed by atoms with E-state index in [1.54, 1.807) is 0 Å². The van der Waals surface area contributed by atoms with Gasteiger partial charge in [0.1, 0.15) is 18.4 Å². The van der Waals surface area contributed by atoms with Gasteiger partial charge in [0.25, 0.3) is 0 Å². The number of nitrogens with one attached hydrogen (secondary N) is 2. The molecule has 1 fully saturated rings. The van der Waals surface area contributed by atoms with Crippen LogP contribution >= 0.6 is 0 Å². The van der Waals surface area contributed by atoms with E-state index in [4.69, 9.17) is 14.2 Å². The Morgan fingerprint density at radius 3 is 2.77 bits per heavy atom. The third-order valence-electron chi connectivity index (χ3n) is 4.78. The lowest BCUT2D eigenvalue weighted by Crippen LogP contribution is -2.58. The molecular weight excluding hydrogens is 402 g/mol. The second-order valence-corrected chi connectivity index (χ2v) is 7.07. The lowest BCUT2D eigenvalue weighted by Gasteiger charge is -2.34. The molecule has 0 radical (unpaired) electrons. The van der Waals surface area contributed by atoms with E-state index in [-0.39, 0.29) is 24.8 Å². The Kier molecular flexibility index (Phi) is 10.6. The number of hydrogen-bond acceptors (Lipinski definition) is 7. The Balaban J connectivity index is 1.93. The van der Waals surface area contributed by atoms with Crippen molar-refractivity contribution in [3.8, 4) is 5.75 Å². The molecule has 0 spiro atoms. The minimum absolute atomic E-state index is 0.0273. The number of benzene rings is 1. The van der Waals surface area contributed by atoms with Crippen molar-refractivity contribution in [1.82, 2.24) is 10.2 Å². The molecule has 1 heterocycles. The summed E-state index contributed by atoms with van der Waals surface area (Å²) in [5.74, 6) is -0.478. The van der Waals surface area contributed by atoms with E-state index in [1.165, 1.54) is 4.90 Å². The molecule has 1 aromatic carbocycles. The summed E-state index contributed by atoms with van der Waals surface area (Å²) in [5.41, 5.74) is 0.671. The number of carbonyl (C=O) groups is 3. The molecule has 0 saturated carbocycles. The van der Waals surface area contributed by atoms with Crippen molar-refractivity contribution in [2.45, 2.75) is 39.2 Å². The average Bonchev–Trinajstić information content (AvgIpc) is 2.77. The van der Waals surface area contributed by atoms with Crippen LogP contribution in [-0.2, 0) is 23.9 Å². The van der Waals surface area contributed by atoms with E-state index in [1.807, 2.05) is 38.1 Å². The second-order valence-electron chi connectivity index (χ2n) is 7.07. The quantitative estimate of drug-likeness (QED) is 0.358. The number of unbranched alkanes of at least 4 members (excludes halogenated alkanes) is 1. The summed E-state index contributed by atoms with van der Waals surface area (Å²) in [6.45, 7) is 6.39. The van der Waals surface area contributed by atoms with Crippen LogP contribution in [0.5, 0.6) is 5.75 Å². The SMILES string of the molecule is CCCCOC(=O)CC1C(=O)NCCN1C(=O)CNc1ccccc1OCCOCC. The fourth-order valence-electron chi connectivity index (χ4n) is 3.13. The molecule has 0 aliphatic carbocycles. The summed E-state index contributed by atoms with van der Waals surface area (Å²) >= 11 is 0. The average molecular weight is 436 g/mol. The highest BCUT2D eigenvalue weighted by molar-refractivity contribution is 5.93. The lowest BCUT2D eigenvalue weighted by molar-refractivity contribution is -0.151. The smallest absolute Gasteiger partial charge is 0.308 e. The van der Waals surface area contributed by atoms with Crippen molar-refractivity contribution in [1.29, 1.82) is 0 Å². The number of nitrogens with zero attached hydrogens (tertiary/aromatic N) is 1. The predicted molar refractivity (Wildman–Crippen MR) is 116 cm³/mol. The molecule has 9 nitrogen and oxygen atoms in total. The monoisotopic (exact) mass is 435 g/mol. The van der Waals surface area contributed by atoms with Crippen LogP contribution in [0.2, 0.25) is 0 Å². The van der Waals surface area contributed by atoms with Crippen LogP contribution in [0.4, 0.5) is 5.69 Å². The molecule has 31 heavy (non-hydrogen) atoms. The van der Waals surface area contributed by atoms with Gasteiger partial charge in [0, 0.05) is 19.7 Å². The summed E-state index contributed by atoms with van der Waals surface area (Å²) < 4.78 is 16.2. The number of hydrogen-bond donors (Lipinski definition) is 2. The highest BCUT2D eigenvalue weighted by Crippen LogP contribution is 2.23. The largest absolute Gasteiger partial charge is 0.489 e. The van der Waals surface area contributed by atoms with Gasteiger partial charge in [-0.05, 0) is 25.5 Å². The van der Waals surface area contributed by atoms with Gasteiger partial charge in [-0.25, -0.2) is 0 Å². The van der Waals surface area contributed by atoms with Gasteiger partial charge < -0.3 is 29.7 Å². The maximum absolute atomic E-state index is 12.9. The molecule has 1 saturated heterocycles. The molecule has 1 atom stereocenters. The Morgan fingerprint density at radius 2 is 2.00 bits per heavy atom. The molecule has 2 amide bonds. The van der Waals surface area contributed by atoms with Gasteiger partial charge in [-0.3, -0.25) is 14.4 Å². The zero-order valence-electron chi connectivity index (χ0n) is 18.4. The van der Waals surface area contributed by atoms with E-state index in [9.17, 15) is 14.4 Å². The maximum atomic E-state index is 12.9. The standard InChI is InChI=1S/C22H33N3O6/c1-3-5-12-31-21(27)15-18-22(28)23-10-11-25(18)20(26)16-24-17-8-6-7-9-19(17)30-14-13-29-4-2/h6-9,18,24H,3-5,10-16H2,1-2H3,(H,23,28). The lowest BCUT2D eigenvalue weighted by atomic mass is 10.1. The van der Waals surface area contributed by atoms with Crippen LogP contribution in [0.3, 0.4) is 0 Å². The third kappa shape index (κ3) is 8.09. The van der Waals surface area contributed by atoms with Gasteiger partial charge in [0.15, 0.2) is 0 Å². The maximum Gasteiger partial charge on any atom is 0.308 e. The van der Waals surface area contributed by atoms with Crippen molar-refractivity contribution < 1.29 is 28.6 Å². The Bertz CT molecular complexity index is 727. The van der Waals surface area contributed by atoms with Crippen LogP contribution < -0.4 is 15.4 Å². The first-order chi connectivity index (χ1) is 15.1. The normalized spacial score (nSPS) is 15.9. The fraction of sp³-hybridized carbons (Fsp3) is 0.591. The van der Waals surface area contributed by atoms with Crippen LogP contribution in [0.1, 0.15) is 33.1 Å². The van der Waals surface area contributed by atoms with Crippen molar-refractivity contribution >= 4 is 23.5 Å². The third-order valence-corrected chi connectivity index (χ3v) is 4.78. The van der Waals surface area contributed by atoms with Crippen molar-refractivity contribution in [2.24, 2.45) is 0 Å². The summed E-state index contributed by atoms with van der Waals surface area (Å²) in [5, 5.41) is 5.79.